The molecule has 6 heteroatoms. The highest BCUT2D eigenvalue weighted by atomic mass is 16.5. The second-order valence-corrected chi connectivity index (χ2v) is 7.56. The number of nitriles is 1. The van der Waals surface area contributed by atoms with Crippen LogP contribution in [0.15, 0.2) is 54.6 Å². The first-order valence-corrected chi connectivity index (χ1v) is 11.9. The highest BCUT2D eigenvalue weighted by Gasteiger charge is 2.16. The van der Waals surface area contributed by atoms with Gasteiger partial charge in [-0.2, -0.15) is 5.26 Å². The number of rotatable bonds is 7. The second kappa shape index (κ2) is 16.4. The van der Waals surface area contributed by atoms with Gasteiger partial charge in [0.05, 0.1) is 40.6 Å². The molecular formula is C29H40N2O4. The maximum Gasteiger partial charge on any atom is 0.161 e. The van der Waals surface area contributed by atoms with Gasteiger partial charge in [-0.05, 0) is 54.8 Å². The van der Waals surface area contributed by atoms with E-state index in [1.807, 2.05) is 70.2 Å². The zero-order chi connectivity index (χ0) is 26.2. The van der Waals surface area contributed by atoms with Gasteiger partial charge in [-0.1, -0.05) is 32.1 Å². The number of morpholine rings is 1. The van der Waals surface area contributed by atoms with Crippen molar-refractivity contribution in [1.82, 2.24) is 4.90 Å². The average Bonchev–Trinajstić information content (AvgIpc) is 2.92. The third-order valence-electron chi connectivity index (χ3n) is 5.41. The summed E-state index contributed by atoms with van der Waals surface area (Å²) < 4.78 is 21.2. The molecule has 35 heavy (non-hydrogen) atoms. The molecule has 0 spiro atoms. The standard InChI is InChI=1S/C20H21NO3.C7H13NO.C2H6/c1-13-10-18(23-4)19(24-5)11-17(13)20(14(2)12-21)15-6-8-16(22-3)9-7-15;1-2-3-8-4-6-9-7-5-8;1-2/h6-11H,1-5H3;2H,1,3-7H2;1-2H3/b20-14+;;. The highest BCUT2D eigenvalue weighted by Crippen LogP contribution is 2.37. The lowest BCUT2D eigenvalue weighted by Gasteiger charge is -2.24. The molecule has 0 aliphatic carbocycles. The van der Waals surface area contributed by atoms with Crippen molar-refractivity contribution in [3.8, 4) is 23.3 Å². The van der Waals surface area contributed by atoms with E-state index in [0.29, 0.717) is 17.1 Å². The average molecular weight is 481 g/mol. The zero-order valence-corrected chi connectivity index (χ0v) is 22.3. The normalized spacial score (nSPS) is 13.5. The third kappa shape index (κ3) is 8.79. The third-order valence-corrected chi connectivity index (χ3v) is 5.41. The van der Waals surface area contributed by atoms with Crippen molar-refractivity contribution in [2.75, 3.05) is 54.2 Å². The first-order valence-electron chi connectivity index (χ1n) is 11.9. The molecule has 0 bridgehead atoms. The Balaban J connectivity index is 0.000000464. The quantitative estimate of drug-likeness (QED) is 0.363. The first kappa shape index (κ1) is 29.8. The number of ether oxygens (including phenoxy) is 4. The molecule has 3 rings (SSSR count). The number of methoxy groups -OCH3 is 3. The van der Waals surface area contributed by atoms with Gasteiger partial charge in [-0.25, -0.2) is 0 Å². The topological polar surface area (TPSA) is 64.0 Å². The van der Waals surface area contributed by atoms with Crippen LogP contribution in [0.25, 0.3) is 5.57 Å². The van der Waals surface area contributed by atoms with E-state index in [1.54, 1.807) is 21.3 Å². The smallest absolute Gasteiger partial charge is 0.161 e. The number of nitrogens with zero attached hydrogens (tertiary/aromatic N) is 2. The van der Waals surface area contributed by atoms with E-state index >= 15 is 0 Å². The van der Waals surface area contributed by atoms with Crippen molar-refractivity contribution < 1.29 is 18.9 Å². The molecule has 0 unspecified atom stereocenters. The lowest BCUT2D eigenvalue weighted by Crippen LogP contribution is -2.36. The molecule has 6 nitrogen and oxygen atoms in total. The van der Waals surface area contributed by atoms with Crippen molar-refractivity contribution in [3.63, 3.8) is 0 Å². The summed E-state index contributed by atoms with van der Waals surface area (Å²) in [5.74, 6) is 2.08. The van der Waals surface area contributed by atoms with Crippen LogP contribution in [0.4, 0.5) is 0 Å². The summed E-state index contributed by atoms with van der Waals surface area (Å²) in [4.78, 5) is 2.33. The van der Waals surface area contributed by atoms with E-state index in [1.165, 1.54) is 0 Å². The van der Waals surface area contributed by atoms with Crippen molar-refractivity contribution >= 4 is 5.57 Å². The largest absolute Gasteiger partial charge is 0.497 e. The summed E-state index contributed by atoms with van der Waals surface area (Å²) in [5, 5.41) is 9.46. The minimum absolute atomic E-state index is 0.634. The highest BCUT2D eigenvalue weighted by molar-refractivity contribution is 5.86. The zero-order valence-electron chi connectivity index (χ0n) is 22.3. The molecule has 0 aromatic heterocycles. The minimum Gasteiger partial charge on any atom is -0.497 e. The van der Waals surface area contributed by atoms with Crippen LogP contribution < -0.4 is 14.2 Å². The Morgan fingerprint density at radius 3 is 2.09 bits per heavy atom. The van der Waals surface area contributed by atoms with Crippen molar-refractivity contribution in [2.24, 2.45) is 0 Å². The number of allylic oxidation sites excluding steroid dienone is 1. The SMILES string of the molecule is C=CCN1CCOCC1.CC.COc1ccc(/C(=C(/C)C#N)c2cc(OC)c(OC)cc2C)cc1. The van der Waals surface area contributed by atoms with E-state index in [0.717, 1.165) is 60.9 Å². The Morgan fingerprint density at radius 2 is 1.60 bits per heavy atom. The number of aryl methyl sites for hydroxylation is 1. The molecule has 1 fully saturated rings. The summed E-state index contributed by atoms with van der Waals surface area (Å²) in [6.45, 7) is 16.4. The molecule has 0 amide bonds. The summed E-state index contributed by atoms with van der Waals surface area (Å²) in [6, 6.07) is 13.8. The Labute approximate surface area is 211 Å². The van der Waals surface area contributed by atoms with Gasteiger partial charge in [0.1, 0.15) is 5.75 Å². The van der Waals surface area contributed by atoms with E-state index < -0.39 is 0 Å². The van der Waals surface area contributed by atoms with Crippen LogP contribution in [0.3, 0.4) is 0 Å². The van der Waals surface area contributed by atoms with Gasteiger partial charge in [0.25, 0.3) is 0 Å². The molecule has 1 saturated heterocycles. The summed E-state index contributed by atoms with van der Waals surface area (Å²) in [7, 11) is 4.84. The van der Waals surface area contributed by atoms with Gasteiger partial charge in [0.2, 0.25) is 0 Å². The van der Waals surface area contributed by atoms with Gasteiger partial charge >= 0.3 is 0 Å². The van der Waals surface area contributed by atoms with Crippen molar-refractivity contribution in [1.29, 1.82) is 5.26 Å². The van der Waals surface area contributed by atoms with Crippen LogP contribution in [0.5, 0.6) is 17.2 Å². The number of hydrogen-bond donors (Lipinski definition) is 0. The molecule has 1 aliphatic heterocycles. The molecule has 2 aromatic rings. The summed E-state index contributed by atoms with van der Waals surface area (Å²) in [5.41, 5.74) is 4.41. The molecular weight excluding hydrogens is 440 g/mol. The molecule has 190 valence electrons. The fourth-order valence-electron chi connectivity index (χ4n) is 3.60. The van der Waals surface area contributed by atoms with E-state index in [4.69, 9.17) is 18.9 Å². The van der Waals surface area contributed by atoms with Crippen molar-refractivity contribution in [2.45, 2.75) is 27.7 Å². The van der Waals surface area contributed by atoms with Crippen molar-refractivity contribution in [3.05, 3.63) is 71.3 Å². The van der Waals surface area contributed by atoms with Crippen LogP contribution >= 0.6 is 0 Å². The minimum atomic E-state index is 0.634. The molecule has 0 atom stereocenters. The van der Waals surface area contributed by atoms with Crippen LogP contribution in [0.1, 0.15) is 37.5 Å². The number of hydrogen-bond acceptors (Lipinski definition) is 6. The Morgan fingerprint density at radius 1 is 1.03 bits per heavy atom. The van der Waals surface area contributed by atoms with Crippen LogP contribution in [-0.4, -0.2) is 59.1 Å². The Bertz CT molecular complexity index is 985. The van der Waals surface area contributed by atoms with Gasteiger partial charge in [0.15, 0.2) is 11.5 Å². The van der Waals surface area contributed by atoms with E-state index in [9.17, 15) is 5.26 Å². The molecule has 0 saturated carbocycles. The van der Waals surface area contributed by atoms with Gasteiger partial charge < -0.3 is 18.9 Å². The monoisotopic (exact) mass is 480 g/mol. The number of benzene rings is 2. The second-order valence-electron chi connectivity index (χ2n) is 7.56. The lowest BCUT2D eigenvalue weighted by molar-refractivity contribution is 0.0434. The summed E-state index contributed by atoms with van der Waals surface area (Å²) in [6.07, 6.45) is 1.94. The van der Waals surface area contributed by atoms with Gasteiger partial charge in [-0.3, -0.25) is 4.90 Å². The Hall–Kier alpha value is -3.27. The predicted molar refractivity (Wildman–Crippen MR) is 143 cm³/mol. The van der Waals surface area contributed by atoms with Gasteiger partial charge in [0, 0.05) is 30.8 Å². The molecule has 0 N–H and O–H groups in total. The maximum atomic E-state index is 9.46. The Kier molecular flexibility index (Phi) is 13.9. The predicted octanol–water partition coefficient (Wildman–Crippen LogP) is 5.90. The molecule has 1 heterocycles. The first-order chi connectivity index (χ1) is 17.0. The fourth-order valence-corrected chi connectivity index (χ4v) is 3.60. The maximum absolute atomic E-state index is 9.46. The molecule has 0 radical (unpaired) electrons. The van der Waals surface area contributed by atoms with Crippen LogP contribution in [0, 0.1) is 18.3 Å². The van der Waals surface area contributed by atoms with E-state index in [-0.39, 0.29) is 0 Å². The van der Waals surface area contributed by atoms with Gasteiger partial charge in [-0.15, -0.1) is 6.58 Å². The van der Waals surface area contributed by atoms with Crippen LogP contribution in [0.2, 0.25) is 0 Å². The molecule has 2 aromatic carbocycles. The van der Waals surface area contributed by atoms with E-state index in [2.05, 4.69) is 17.5 Å². The fraction of sp³-hybridized carbons (Fsp3) is 0.414. The lowest BCUT2D eigenvalue weighted by atomic mass is 9.90. The molecule has 1 aliphatic rings. The van der Waals surface area contributed by atoms with Crippen LogP contribution in [-0.2, 0) is 4.74 Å². The summed E-state index contributed by atoms with van der Waals surface area (Å²) >= 11 is 0.